The van der Waals surface area contributed by atoms with E-state index in [-0.39, 0.29) is 12.7 Å². The molecular weight excluding hydrogens is 242 g/mol. The number of pyridine rings is 1. The first kappa shape index (κ1) is 13.8. The summed E-state index contributed by atoms with van der Waals surface area (Å²) in [6.45, 7) is 4.96. The van der Waals surface area contributed by atoms with E-state index < -0.39 is 0 Å². The minimum Gasteiger partial charge on any atom is -0.475 e. The SMILES string of the molecule is CC(C)OCCOc1ncc(CO)c2ccccc12. The number of rotatable bonds is 6. The van der Waals surface area contributed by atoms with Crippen molar-refractivity contribution in [3.8, 4) is 5.88 Å². The molecule has 0 bridgehead atoms. The quantitative estimate of drug-likeness (QED) is 0.812. The number of aliphatic hydroxyl groups excluding tert-OH is 1. The van der Waals surface area contributed by atoms with Gasteiger partial charge in [-0.1, -0.05) is 18.2 Å². The number of benzene rings is 1. The molecule has 0 amide bonds. The van der Waals surface area contributed by atoms with Gasteiger partial charge in [-0.15, -0.1) is 0 Å². The van der Waals surface area contributed by atoms with Crippen LogP contribution in [-0.2, 0) is 11.3 Å². The minimum atomic E-state index is -0.0236. The first-order valence-electron chi connectivity index (χ1n) is 6.44. The molecule has 1 aromatic heterocycles. The average molecular weight is 261 g/mol. The largest absolute Gasteiger partial charge is 0.475 e. The number of hydrogen-bond acceptors (Lipinski definition) is 4. The number of ether oxygens (including phenoxy) is 2. The topological polar surface area (TPSA) is 51.6 Å². The van der Waals surface area contributed by atoms with E-state index in [1.807, 2.05) is 38.1 Å². The predicted molar refractivity (Wildman–Crippen MR) is 74.2 cm³/mol. The second-order valence-electron chi connectivity index (χ2n) is 4.56. The Balaban J connectivity index is 2.15. The van der Waals surface area contributed by atoms with Crippen LogP contribution in [0.3, 0.4) is 0 Å². The number of fused-ring (bicyclic) bond motifs is 1. The lowest BCUT2D eigenvalue weighted by atomic mass is 10.1. The third-order valence-electron chi connectivity index (χ3n) is 2.78. The molecule has 2 aromatic rings. The summed E-state index contributed by atoms with van der Waals surface area (Å²) in [6.07, 6.45) is 1.85. The molecule has 4 nitrogen and oxygen atoms in total. The second-order valence-corrected chi connectivity index (χ2v) is 4.56. The molecule has 1 N–H and O–H groups in total. The molecule has 0 spiro atoms. The van der Waals surface area contributed by atoms with Crippen LogP contribution in [0.5, 0.6) is 5.88 Å². The number of hydrogen-bond donors (Lipinski definition) is 1. The molecular formula is C15H19NO3. The van der Waals surface area contributed by atoms with Crippen LogP contribution in [-0.4, -0.2) is 29.4 Å². The van der Waals surface area contributed by atoms with Crippen molar-refractivity contribution in [2.45, 2.75) is 26.6 Å². The average Bonchev–Trinajstić information content (AvgIpc) is 2.43. The van der Waals surface area contributed by atoms with Gasteiger partial charge in [-0.2, -0.15) is 0 Å². The Labute approximate surface area is 113 Å². The van der Waals surface area contributed by atoms with Gasteiger partial charge >= 0.3 is 0 Å². The van der Waals surface area contributed by atoms with Crippen molar-refractivity contribution in [3.05, 3.63) is 36.0 Å². The summed E-state index contributed by atoms with van der Waals surface area (Å²) in [4.78, 5) is 4.26. The summed E-state index contributed by atoms with van der Waals surface area (Å²) in [6, 6.07) is 7.77. The fraction of sp³-hybridized carbons (Fsp3) is 0.400. The Morgan fingerprint density at radius 1 is 1.16 bits per heavy atom. The van der Waals surface area contributed by atoms with Gasteiger partial charge in [-0.25, -0.2) is 4.98 Å². The normalized spacial score (nSPS) is 11.2. The van der Waals surface area contributed by atoms with E-state index >= 15 is 0 Å². The van der Waals surface area contributed by atoms with Crippen molar-refractivity contribution in [2.75, 3.05) is 13.2 Å². The zero-order valence-corrected chi connectivity index (χ0v) is 11.3. The third kappa shape index (κ3) is 3.43. The highest BCUT2D eigenvalue weighted by Gasteiger charge is 2.07. The standard InChI is InChI=1S/C15H19NO3/c1-11(2)18-7-8-19-15-14-6-4-3-5-13(14)12(10-17)9-16-15/h3-6,9,11,17H,7-8,10H2,1-2H3. The van der Waals surface area contributed by atoms with Crippen molar-refractivity contribution in [3.63, 3.8) is 0 Å². The van der Waals surface area contributed by atoms with Crippen LogP contribution < -0.4 is 4.74 Å². The molecule has 19 heavy (non-hydrogen) atoms. The molecule has 1 aromatic carbocycles. The van der Waals surface area contributed by atoms with Crippen LogP contribution in [0.25, 0.3) is 10.8 Å². The highest BCUT2D eigenvalue weighted by atomic mass is 16.5. The molecule has 0 aliphatic rings. The van der Waals surface area contributed by atoms with Crippen LogP contribution in [0.2, 0.25) is 0 Å². The van der Waals surface area contributed by atoms with Crippen LogP contribution in [0, 0.1) is 0 Å². The molecule has 0 unspecified atom stereocenters. The van der Waals surface area contributed by atoms with Gasteiger partial charge in [0.25, 0.3) is 0 Å². The highest BCUT2D eigenvalue weighted by molar-refractivity contribution is 5.89. The van der Waals surface area contributed by atoms with Gasteiger partial charge in [0.05, 0.1) is 19.3 Å². The first-order chi connectivity index (χ1) is 9.22. The van der Waals surface area contributed by atoms with Gasteiger partial charge in [0.2, 0.25) is 5.88 Å². The van der Waals surface area contributed by atoms with Crippen molar-refractivity contribution in [1.29, 1.82) is 0 Å². The van der Waals surface area contributed by atoms with Gasteiger partial charge in [0.1, 0.15) is 6.61 Å². The lowest BCUT2D eigenvalue weighted by molar-refractivity contribution is 0.0546. The van der Waals surface area contributed by atoms with E-state index in [2.05, 4.69) is 4.98 Å². The third-order valence-corrected chi connectivity index (χ3v) is 2.78. The summed E-state index contributed by atoms with van der Waals surface area (Å²) in [7, 11) is 0. The Hall–Kier alpha value is -1.65. The Morgan fingerprint density at radius 3 is 2.58 bits per heavy atom. The zero-order chi connectivity index (χ0) is 13.7. The number of nitrogens with zero attached hydrogens (tertiary/aromatic N) is 1. The van der Waals surface area contributed by atoms with Crippen molar-refractivity contribution in [1.82, 2.24) is 4.98 Å². The van der Waals surface area contributed by atoms with Crippen molar-refractivity contribution < 1.29 is 14.6 Å². The minimum absolute atomic E-state index is 0.0236. The highest BCUT2D eigenvalue weighted by Crippen LogP contribution is 2.25. The van der Waals surface area contributed by atoms with Gasteiger partial charge < -0.3 is 14.6 Å². The smallest absolute Gasteiger partial charge is 0.221 e. The van der Waals surface area contributed by atoms with E-state index in [4.69, 9.17) is 9.47 Å². The first-order valence-corrected chi connectivity index (χ1v) is 6.44. The predicted octanol–water partition coefficient (Wildman–Crippen LogP) is 2.53. The van der Waals surface area contributed by atoms with Crippen LogP contribution >= 0.6 is 0 Å². The summed E-state index contributed by atoms with van der Waals surface area (Å²) in [5, 5.41) is 11.2. The molecule has 1 heterocycles. The van der Waals surface area contributed by atoms with Crippen molar-refractivity contribution >= 4 is 10.8 Å². The van der Waals surface area contributed by atoms with Crippen molar-refractivity contribution in [2.24, 2.45) is 0 Å². The van der Waals surface area contributed by atoms with Gasteiger partial charge in [0.15, 0.2) is 0 Å². The maximum atomic E-state index is 9.30. The molecule has 0 radical (unpaired) electrons. The molecule has 4 heteroatoms. The van der Waals surface area contributed by atoms with E-state index in [9.17, 15) is 5.11 Å². The molecule has 0 aliphatic carbocycles. The fourth-order valence-electron chi connectivity index (χ4n) is 1.89. The van der Waals surface area contributed by atoms with Crippen LogP contribution in [0.1, 0.15) is 19.4 Å². The molecule has 0 atom stereocenters. The Bertz CT molecular complexity index is 540. The monoisotopic (exact) mass is 261 g/mol. The van der Waals surface area contributed by atoms with Gasteiger partial charge in [0, 0.05) is 17.1 Å². The Morgan fingerprint density at radius 2 is 1.89 bits per heavy atom. The Kier molecular flexibility index (Phi) is 4.71. The van der Waals surface area contributed by atoms with Crippen LogP contribution in [0.4, 0.5) is 0 Å². The lowest BCUT2D eigenvalue weighted by Crippen LogP contribution is -2.12. The maximum Gasteiger partial charge on any atom is 0.221 e. The summed E-state index contributed by atoms with van der Waals surface area (Å²) in [5.41, 5.74) is 0.807. The van der Waals surface area contributed by atoms with Gasteiger partial charge in [-0.3, -0.25) is 0 Å². The summed E-state index contributed by atoms with van der Waals surface area (Å²) < 4.78 is 11.1. The summed E-state index contributed by atoms with van der Waals surface area (Å²) in [5.74, 6) is 0.583. The fourth-order valence-corrected chi connectivity index (χ4v) is 1.89. The molecule has 2 rings (SSSR count). The zero-order valence-electron chi connectivity index (χ0n) is 11.3. The number of aromatic nitrogens is 1. The van der Waals surface area contributed by atoms with Crippen LogP contribution in [0.15, 0.2) is 30.5 Å². The molecule has 102 valence electrons. The van der Waals surface area contributed by atoms with E-state index in [1.165, 1.54) is 0 Å². The molecule has 0 fully saturated rings. The van der Waals surface area contributed by atoms with E-state index in [0.29, 0.717) is 19.1 Å². The summed E-state index contributed by atoms with van der Waals surface area (Å²) >= 11 is 0. The van der Waals surface area contributed by atoms with E-state index in [0.717, 1.165) is 16.3 Å². The van der Waals surface area contributed by atoms with E-state index in [1.54, 1.807) is 6.20 Å². The maximum absolute atomic E-state index is 9.30. The molecule has 0 aliphatic heterocycles. The molecule has 0 saturated carbocycles. The lowest BCUT2D eigenvalue weighted by Gasteiger charge is -2.11. The second kappa shape index (κ2) is 6.50. The number of aliphatic hydroxyl groups is 1. The van der Waals surface area contributed by atoms with Gasteiger partial charge in [-0.05, 0) is 25.3 Å². The molecule has 0 saturated heterocycles.